The van der Waals surface area contributed by atoms with E-state index in [-0.39, 0.29) is 17.4 Å². The lowest BCUT2D eigenvalue weighted by molar-refractivity contribution is -0.139. The molecule has 0 amide bonds. The zero-order chi connectivity index (χ0) is 13.6. The van der Waals surface area contributed by atoms with E-state index in [1.54, 1.807) is 20.8 Å². The number of aromatic nitrogens is 1. The van der Waals surface area contributed by atoms with E-state index in [0.29, 0.717) is 0 Å². The predicted molar refractivity (Wildman–Crippen MR) is 61.6 cm³/mol. The largest absolute Gasteiger partial charge is 0.488 e. The van der Waals surface area contributed by atoms with Crippen molar-refractivity contribution >= 4 is 0 Å². The van der Waals surface area contributed by atoms with Crippen LogP contribution in [0.15, 0.2) is 12.4 Å². The van der Waals surface area contributed by atoms with Crippen LogP contribution in [0.2, 0.25) is 0 Å². The monoisotopic (exact) mass is 259 g/mol. The molecule has 18 heavy (non-hydrogen) atoms. The van der Waals surface area contributed by atoms with Gasteiger partial charge in [-0.25, -0.2) is 0 Å². The zero-order valence-corrected chi connectivity index (χ0v) is 10.6. The molecule has 1 heterocycles. The minimum absolute atomic E-state index is 0.0522. The van der Waals surface area contributed by atoms with E-state index in [0.717, 1.165) is 19.0 Å². The fourth-order valence-electron chi connectivity index (χ4n) is 1.88. The third-order valence-electron chi connectivity index (χ3n) is 2.78. The number of hydrogen-bond acceptors (Lipinski definition) is 2. The molecule has 0 radical (unpaired) electrons. The number of hydrogen-bond donors (Lipinski definition) is 0. The second-order valence-electron chi connectivity index (χ2n) is 5.63. The van der Waals surface area contributed by atoms with Gasteiger partial charge in [-0.05, 0) is 18.3 Å². The highest BCUT2D eigenvalue weighted by Crippen LogP contribution is 2.42. The Kier molecular flexibility index (Phi) is 3.03. The summed E-state index contributed by atoms with van der Waals surface area (Å²) < 4.78 is 44.6. The molecule has 2 nitrogen and oxygen atoms in total. The maximum atomic E-state index is 13.0. The first-order valence-electron chi connectivity index (χ1n) is 5.92. The Balaban J connectivity index is 2.52. The first-order valence-corrected chi connectivity index (χ1v) is 5.92. The van der Waals surface area contributed by atoms with Crippen molar-refractivity contribution in [2.45, 2.75) is 51.3 Å². The molecule has 1 aromatic heterocycles. The first kappa shape index (κ1) is 13.2. The SMILES string of the molecule is CC(C)(C)c1c(OC2CC2)cncc1C(F)(F)F. The Morgan fingerprint density at radius 1 is 1.17 bits per heavy atom. The molecule has 0 unspecified atom stereocenters. The predicted octanol–water partition coefficient (Wildman–Crippen LogP) is 3.94. The lowest BCUT2D eigenvalue weighted by Crippen LogP contribution is -2.21. The molecule has 1 saturated carbocycles. The lowest BCUT2D eigenvalue weighted by Gasteiger charge is -2.26. The van der Waals surface area contributed by atoms with E-state index in [4.69, 9.17) is 4.74 Å². The van der Waals surface area contributed by atoms with Crippen molar-refractivity contribution in [3.8, 4) is 5.75 Å². The van der Waals surface area contributed by atoms with E-state index in [9.17, 15) is 13.2 Å². The topological polar surface area (TPSA) is 22.1 Å². The van der Waals surface area contributed by atoms with E-state index in [2.05, 4.69) is 4.98 Å². The van der Waals surface area contributed by atoms with Gasteiger partial charge in [0.15, 0.2) is 0 Å². The van der Waals surface area contributed by atoms with Crippen LogP contribution in [0.1, 0.15) is 44.7 Å². The van der Waals surface area contributed by atoms with Gasteiger partial charge >= 0.3 is 6.18 Å². The van der Waals surface area contributed by atoms with Crippen molar-refractivity contribution < 1.29 is 17.9 Å². The van der Waals surface area contributed by atoms with Crippen LogP contribution in [-0.4, -0.2) is 11.1 Å². The van der Waals surface area contributed by atoms with Crippen LogP contribution in [-0.2, 0) is 11.6 Å². The minimum atomic E-state index is -4.40. The minimum Gasteiger partial charge on any atom is -0.488 e. The van der Waals surface area contributed by atoms with Gasteiger partial charge in [0, 0.05) is 11.8 Å². The summed E-state index contributed by atoms with van der Waals surface area (Å²) >= 11 is 0. The molecule has 5 heteroatoms. The quantitative estimate of drug-likeness (QED) is 0.802. The standard InChI is InChI=1S/C13H16F3NO/c1-12(2,3)11-9(13(14,15)16)6-17-7-10(11)18-8-4-5-8/h6-8H,4-5H2,1-3H3. The fourth-order valence-corrected chi connectivity index (χ4v) is 1.88. The summed E-state index contributed by atoms with van der Waals surface area (Å²) in [7, 11) is 0. The maximum Gasteiger partial charge on any atom is 0.418 e. The molecule has 1 aromatic rings. The fraction of sp³-hybridized carbons (Fsp3) is 0.615. The first-order chi connectivity index (χ1) is 8.19. The molecule has 0 spiro atoms. The third kappa shape index (κ3) is 2.76. The number of rotatable bonds is 2. The highest BCUT2D eigenvalue weighted by molar-refractivity contribution is 5.44. The van der Waals surface area contributed by atoms with Crippen molar-refractivity contribution in [1.82, 2.24) is 4.98 Å². The summed E-state index contributed by atoms with van der Waals surface area (Å²) in [5.41, 5.74) is -1.15. The summed E-state index contributed by atoms with van der Waals surface area (Å²) in [6.07, 6.45) is -0.288. The molecule has 1 aliphatic carbocycles. The van der Waals surface area contributed by atoms with Gasteiger partial charge in [0.05, 0.1) is 17.9 Å². The molecule has 100 valence electrons. The third-order valence-corrected chi connectivity index (χ3v) is 2.78. The zero-order valence-electron chi connectivity index (χ0n) is 10.6. The summed E-state index contributed by atoms with van der Waals surface area (Å²) in [5, 5.41) is 0. The van der Waals surface area contributed by atoms with Gasteiger partial charge in [0.1, 0.15) is 5.75 Å². The van der Waals surface area contributed by atoms with Crippen LogP contribution in [0, 0.1) is 0 Å². The maximum absolute atomic E-state index is 13.0. The molecule has 0 saturated heterocycles. The van der Waals surface area contributed by atoms with Crippen LogP contribution in [0.3, 0.4) is 0 Å². The van der Waals surface area contributed by atoms with Crippen LogP contribution >= 0.6 is 0 Å². The van der Waals surface area contributed by atoms with E-state index < -0.39 is 17.2 Å². The summed E-state index contributed by atoms with van der Waals surface area (Å²) in [4.78, 5) is 3.66. The molecule has 1 aliphatic rings. The van der Waals surface area contributed by atoms with Crippen molar-refractivity contribution in [1.29, 1.82) is 0 Å². The Hall–Kier alpha value is -1.26. The highest BCUT2D eigenvalue weighted by atomic mass is 19.4. The van der Waals surface area contributed by atoms with Crippen molar-refractivity contribution in [2.24, 2.45) is 0 Å². The molecule has 2 rings (SSSR count). The van der Waals surface area contributed by atoms with Crippen LogP contribution in [0.4, 0.5) is 13.2 Å². The number of ether oxygens (including phenoxy) is 1. The van der Waals surface area contributed by atoms with Crippen molar-refractivity contribution in [3.05, 3.63) is 23.5 Å². The van der Waals surface area contributed by atoms with E-state index in [1.807, 2.05) is 0 Å². The smallest absolute Gasteiger partial charge is 0.418 e. The van der Waals surface area contributed by atoms with Crippen molar-refractivity contribution in [3.63, 3.8) is 0 Å². The molecule has 0 aromatic carbocycles. The number of halogens is 3. The average Bonchev–Trinajstić information content (AvgIpc) is 2.98. The van der Waals surface area contributed by atoms with Gasteiger partial charge in [-0.1, -0.05) is 20.8 Å². The van der Waals surface area contributed by atoms with E-state index in [1.165, 1.54) is 6.20 Å². The highest BCUT2D eigenvalue weighted by Gasteiger charge is 2.39. The molecule has 0 N–H and O–H groups in total. The van der Waals surface area contributed by atoms with Crippen LogP contribution in [0.5, 0.6) is 5.75 Å². The Labute approximate surface area is 104 Å². The van der Waals surface area contributed by atoms with Gasteiger partial charge in [-0.3, -0.25) is 4.98 Å². The molecule has 1 fully saturated rings. The number of alkyl halides is 3. The van der Waals surface area contributed by atoms with Gasteiger partial charge in [0.2, 0.25) is 0 Å². The second-order valence-corrected chi connectivity index (χ2v) is 5.63. The average molecular weight is 259 g/mol. The molecular weight excluding hydrogens is 243 g/mol. The van der Waals surface area contributed by atoms with Crippen LogP contribution < -0.4 is 4.74 Å². The van der Waals surface area contributed by atoms with Crippen molar-refractivity contribution in [2.75, 3.05) is 0 Å². The molecule has 0 atom stereocenters. The van der Waals surface area contributed by atoms with Gasteiger partial charge in [-0.2, -0.15) is 13.2 Å². The molecule has 0 aliphatic heterocycles. The van der Waals surface area contributed by atoms with Gasteiger partial charge in [0.25, 0.3) is 0 Å². The lowest BCUT2D eigenvalue weighted by atomic mass is 9.83. The second kappa shape index (κ2) is 4.14. The van der Waals surface area contributed by atoms with Gasteiger partial charge in [-0.15, -0.1) is 0 Å². The van der Waals surface area contributed by atoms with Gasteiger partial charge < -0.3 is 4.74 Å². The Morgan fingerprint density at radius 3 is 2.22 bits per heavy atom. The molecular formula is C13H16F3NO. The number of pyridine rings is 1. The summed E-state index contributed by atoms with van der Waals surface area (Å²) in [6.45, 7) is 5.24. The molecule has 0 bridgehead atoms. The van der Waals surface area contributed by atoms with Crippen LogP contribution in [0.25, 0.3) is 0 Å². The van der Waals surface area contributed by atoms with E-state index >= 15 is 0 Å². The summed E-state index contributed by atoms with van der Waals surface area (Å²) in [5.74, 6) is 0.264. The Morgan fingerprint density at radius 2 is 1.78 bits per heavy atom. The number of nitrogens with zero attached hydrogens (tertiary/aromatic N) is 1. The summed E-state index contributed by atoms with van der Waals surface area (Å²) in [6, 6.07) is 0. The normalized spacial score (nSPS) is 16.8. The Bertz CT molecular complexity index is 445.